The Hall–Kier alpha value is -3.86. The topological polar surface area (TPSA) is 111 Å². The lowest BCUT2D eigenvalue weighted by Gasteiger charge is -2.26. The van der Waals surface area contributed by atoms with Gasteiger partial charge in [0.1, 0.15) is 6.10 Å². The van der Waals surface area contributed by atoms with Gasteiger partial charge < -0.3 is 37.9 Å². The zero-order chi connectivity index (χ0) is 28.1. The summed E-state index contributed by atoms with van der Waals surface area (Å²) in [4.78, 5) is 28.4. The molecule has 0 radical (unpaired) electrons. The molecule has 39 heavy (non-hydrogen) atoms. The molecule has 2 aromatic carbocycles. The maximum Gasteiger partial charge on any atom is 0.338 e. The van der Waals surface area contributed by atoms with Gasteiger partial charge in [0.15, 0.2) is 23.0 Å². The van der Waals surface area contributed by atoms with E-state index in [9.17, 15) is 9.59 Å². The monoisotopic (exact) mass is 545 g/mol. The highest BCUT2D eigenvalue weighted by Crippen LogP contribution is 2.41. The van der Waals surface area contributed by atoms with E-state index in [2.05, 4.69) is 4.90 Å². The van der Waals surface area contributed by atoms with Crippen LogP contribution in [0, 0.1) is 5.92 Å². The highest BCUT2D eigenvalue weighted by Gasteiger charge is 2.46. The lowest BCUT2D eigenvalue weighted by atomic mass is 9.97. The summed E-state index contributed by atoms with van der Waals surface area (Å²) in [6.45, 7) is 1.83. The molecule has 0 amide bonds. The molecular formula is C28H35NO10. The summed E-state index contributed by atoms with van der Waals surface area (Å²) in [5, 5.41) is 0. The molecule has 0 N–H and O–H groups in total. The lowest BCUT2D eigenvalue weighted by Crippen LogP contribution is -2.38. The molecule has 0 saturated carbocycles. The molecule has 3 atom stereocenters. The number of ether oxygens (including phenoxy) is 8. The number of methoxy groups -OCH3 is 6. The molecule has 0 bridgehead atoms. The fraction of sp³-hybridized carbons (Fsp3) is 0.500. The Morgan fingerprint density at radius 3 is 1.62 bits per heavy atom. The van der Waals surface area contributed by atoms with E-state index < -0.39 is 11.9 Å². The van der Waals surface area contributed by atoms with Crippen LogP contribution in [-0.4, -0.2) is 91.3 Å². The first-order valence-corrected chi connectivity index (χ1v) is 12.6. The Labute approximate surface area is 227 Å². The van der Waals surface area contributed by atoms with Crippen LogP contribution in [0.4, 0.5) is 0 Å². The quantitative estimate of drug-likeness (QED) is 0.388. The summed E-state index contributed by atoms with van der Waals surface area (Å²) < 4.78 is 43.8. The summed E-state index contributed by atoms with van der Waals surface area (Å²) in [6, 6.07) is 6.21. The minimum atomic E-state index is -0.503. The zero-order valence-corrected chi connectivity index (χ0v) is 23.1. The van der Waals surface area contributed by atoms with Crippen LogP contribution in [0.1, 0.15) is 33.6 Å². The van der Waals surface area contributed by atoms with Gasteiger partial charge in [0.25, 0.3) is 0 Å². The van der Waals surface area contributed by atoms with E-state index in [1.54, 1.807) is 24.3 Å². The van der Waals surface area contributed by atoms with Crippen molar-refractivity contribution in [2.45, 2.75) is 25.0 Å². The molecule has 2 saturated heterocycles. The number of nitrogens with zero attached hydrogens (tertiary/aromatic N) is 1. The molecule has 11 heteroatoms. The van der Waals surface area contributed by atoms with Crippen LogP contribution >= 0.6 is 0 Å². The molecular weight excluding hydrogens is 510 g/mol. The second-order valence-corrected chi connectivity index (χ2v) is 9.23. The van der Waals surface area contributed by atoms with Crippen LogP contribution in [0.15, 0.2) is 24.3 Å². The van der Waals surface area contributed by atoms with Crippen molar-refractivity contribution in [2.75, 3.05) is 62.4 Å². The minimum Gasteiger partial charge on any atom is -0.493 e. The molecule has 0 aromatic heterocycles. The van der Waals surface area contributed by atoms with Crippen LogP contribution in [-0.2, 0) is 9.47 Å². The second kappa shape index (κ2) is 12.3. The summed E-state index contributed by atoms with van der Waals surface area (Å²) >= 11 is 0. The number of benzene rings is 2. The summed E-state index contributed by atoms with van der Waals surface area (Å²) in [5.74, 6) is 1.28. The molecule has 2 aliphatic heterocycles. The fourth-order valence-corrected chi connectivity index (χ4v) is 5.39. The average molecular weight is 546 g/mol. The smallest absolute Gasteiger partial charge is 0.338 e. The van der Waals surface area contributed by atoms with Crippen molar-refractivity contribution in [1.29, 1.82) is 0 Å². The molecule has 3 unspecified atom stereocenters. The standard InChI is InChI=1S/C28H35NO10/c1-32-20-11-17(12-21(33-2)25(20)36-5)27(30)38-15-16-7-9-29-10-8-19(24(16)29)39-28(31)18-13-22(34-3)26(37-6)23(14-18)35-4/h11-14,16,19,24H,7-10,15H2,1-6H3. The van der Waals surface area contributed by atoms with E-state index in [-0.39, 0.29) is 30.2 Å². The normalized spacial score (nSPS) is 20.1. The lowest BCUT2D eigenvalue weighted by molar-refractivity contribution is 0.00940. The highest BCUT2D eigenvalue weighted by atomic mass is 16.6. The van der Waals surface area contributed by atoms with Gasteiger partial charge in [-0.15, -0.1) is 0 Å². The Bertz CT molecular complexity index is 1150. The van der Waals surface area contributed by atoms with Crippen LogP contribution in [0.25, 0.3) is 0 Å². The molecule has 212 valence electrons. The van der Waals surface area contributed by atoms with Gasteiger partial charge in [0, 0.05) is 12.5 Å². The Morgan fingerprint density at radius 2 is 1.15 bits per heavy atom. The summed E-state index contributed by atoms with van der Waals surface area (Å²) in [7, 11) is 8.95. The van der Waals surface area contributed by atoms with Gasteiger partial charge in [0.2, 0.25) is 11.5 Å². The molecule has 2 aliphatic rings. The van der Waals surface area contributed by atoms with Gasteiger partial charge in [-0.25, -0.2) is 9.59 Å². The third-order valence-electron chi connectivity index (χ3n) is 7.26. The number of fused-ring (bicyclic) bond motifs is 1. The van der Waals surface area contributed by atoms with Crippen LogP contribution in [0.5, 0.6) is 34.5 Å². The zero-order valence-electron chi connectivity index (χ0n) is 23.1. The van der Waals surface area contributed by atoms with Gasteiger partial charge in [-0.2, -0.15) is 0 Å². The first kappa shape index (κ1) is 28.2. The number of rotatable bonds is 11. The third-order valence-corrected chi connectivity index (χ3v) is 7.26. The molecule has 2 aromatic rings. The number of carbonyl (C=O) groups excluding carboxylic acids is 2. The summed E-state index contributed by atoms with van der Waals surface area (Å²) in [5.41, 5.74) is 0.586. The van der Waals surface area contributed by atoms with E-state index >= 15 is 0 Å². The number of hydrogen-bond donors (Lipinski definition) is 0. The van der Waals surface area contributed by atoms with E-state index in [4.69, 9.17) is 37.9 Å². The average Bonchev–Trinajstić information content (AvgIpc) is 3.56. The molecule has 0 spiro atoms. The first-order chi connectivity index (χ1) is 18.9. The predicted molar refractivity (Wildman–Crippen MR) is 140 cm³/mol. The summed E-state index contributed by atoms with van der Waals surface area (Å²) in [6.07, 6.45) is 1.17. The van der Waals surface area contributed by atoms with Crippen molar-refractivity contribution < 1.29 is 47.5 Å². The van der Waals surface area contributed by atoms with Crippen molar-refractivity contribution in [3.63, 3.8) is 0 Å². The van der Waals surface area contributed by atoms with E-state index in [1.807, 2.05) is 0 Å². The number of carbonyl (C=O) groups is 2. The van der Waals surface area contributed by atoms with Crippen LogP contribution in [0.3, 0.4) is 0 Å². The highest BCUT2D eigenvalue weighted by molar-refractivity contribution is 5.92. The van der Waals surface area contributed by atoms with Gasteiger partial charge in [-0.1, -0.05) is 0 Å². The van der Waals surface area contributed by atoms with E-state index in [1.165, 1.54) is 42.7 Å². The number of hydrogen-bond acceptors (Lipinski definition) is 11. The first-order valence-electron chi connectivity index (χ1n) is 12.6. The van der Waals surface area contributed by atoms with Gasteiger partial charge >= 0.3 is 11.9 Å². The number of esters is 2. The van der Waals surface area contributed by atoms with Crippen LogP contribution in [0.2, 0.25) is 0 Å². The molecule has 2 heterocycles. The van der Waals surface area contributed by atoms with Crippen molar-refractivity contribution in [1.82, 2.24) is 4.90 Å². The molecule has 0 aliphatic carbocycles. The van der Waals surface area contributed by atoms with E-state index in [0.717, 1.165) is 19.5 Å². The second-order valence-electron chi connectivity index (χ2n) is 9.23. The minimum absolute atomic E-state index is 0.0104. The molecule has 2 fully saturated rings. The Kier molecular flexibility index (Phi) is 8.90. The van der Waals surface area contributed by atoms with Crippen molar-refractivity contribution in [2.24, 2.45) is 5.92 Å². The Balaban J connectivity index is 1.44. The Morgan fingerprint density at radius 1 is 0.692 bits per heavy atom. The largest absolute Gasteiger partial charge is 0.493 e. The fourth-order valence-electron chi connectivity index (χ4n) is 5.39. The molecule has 4 rings (SSSR count). The van der Waals surface area contributed by atoms with Crippen molar-refractivity contribution in [3.8, 4) is 34.5 Å². The maximum absolute atomic E-state index is 13.1. The van der Waals surface area contributed by atoms with Gasteiger partial charge in [-0.3, -0.25) is 4.90 Å². The van der Waals surface area contributed by atoms with Crippen molar-refractivity contribution in [3.05, 3.63) is 35.4 Å². The van der Waals surface area contributed by atoms with Crippen LogP contribution < -0.4 is 28.4 Å². The SMILES string of the molecule is COc1cc(C(=O)OCC2CCN3CCC(OC(=O)c4cc(OC)c(OC)c(OC)c4)C23)cc(OC)c1OC. The van der Waals surface area contributed by atoms with Gasteiger partial charge in [0.05, 0.1) is 66.4 Å². The maximum atomic E-state index is 13.1. The molecule has 11 nitrogen and oxygen atoms in total. The third kappa shape index (κ3) is 5.63. The van der Waals surface area contributed by atoms with E-state index in [0.29, 0.717) is 46.5 Å². The van der Waals surface area contributed by atoms with Gasteiger partial charge in [-0.05, 0) is 43.7 Å². The predicted octanol–water partition coefficient (Wildman–Crippen LogP) is 3.21. The van der Waals surface area contributed by atoms with Crippen molar-refractivity contribution >= 4 is 11.9 Å².